The minimum atomic E-state index is -2.74. The minimum absolute atomic E-state index is 0.0526. The first-order valence-electron chi connectivity index (χ1n) is 9.14. The molecule has 3 aromatic rings. The Labute approximate surface area is 160 Å². The number of alkyl halides is 2. The molecule has 9 heteroatoms. The smallest absolute Gasteiger partial charge is 0.333 e. The van der Waals surface area contributed by atoms with Crippen LogP contribution in [0.2, 0.25) is 0 Å². The van der Waals surface area contributed by atoms with Crippen molar-refractivity contribution in [2.75, 3.05) is 13.1 Å². The summed E-state index contributed by atoms with van der Waals surface area (Å²) in [5.41, 5.74) is 1.15. The fourth-order valence-electron chi connectivity index (χ4n) is 3.57. The molecule has 1 saturated heterocycles. The lowest BCUT2D eigenvalue weighted by atomic mass is 9.95. The molecule has 1 aliphatic rings. The summed E-state index contributed by atoms with van der Waals surface area (Å²) >= 11 is 0. The zero-order valence-electron chi connectivity index (χ0n) is 15.2. The number of imidazole rings is 1. The molecule has 0 radical (unpaired) electrons. The van der Waals surface area contributed by atoms with Crippen molar-refractivity contribution < 1.29 is 13.6 Å². The van der Waals surface area contributed by atoms with Crippen LogP contribution >= 0.6 is 0 Å². The normalized spacial score (nSPS) is 15.3. The Morgan fingerprint density at radius 2 is 2.00 bits per heavy atom. The topological polar surface area (TPSA) is 68.8 Å². The second kappa shape index (κ2) is 7.87. The number of aromatic nitrogens is 5. The second-order valence-corrected chi connectivity index (χ2v) is 6.80. The summed E-state index contributed by atoms with van der Waals surface area (Å²) in [7, 11) is 0. The van der Waals surface area contributed by atoms with Gasteiger partial charge >= 0.3 is 6.55 Å². The number of piperidine rings is 1. The highest BCUT2D eigenvalue weighted by atomic mass is 19.3. The Balaban J connectivity index is 1.39. The van der Waals surface area contributed by atoms with E-state index in [0.717, 1.165) is 30.4 Å². The number of likely N-dealkylation sites (tertiary alicyclic amines) is 1. The quantitative estimate of drug-likeness (QED) is 0.676. The van der Waals surface area contributed by atoms with E-state index in [9.17, 15) is 13.6 Å². The monoisotopic (exact) mass is 386 g/mol. The first-order chi connectivity index (χ1) is 13.6. The lowest BCUT2D eigenvalue weighted by Gasteiger charge is -2.31. The van der Waals surface area contributed by atoms with Crippen LogP contribution in [0.25, 0.3) is 0 Å². The average Bonchev–Trinajstić information content (AvgIpc) is 3.38. The van der Waals surface area contributed by atoms with E-state index in [1.165, 1.54) is 6.07 Å². The second-order valence-electron chi connectivity index (χ2n) is 6.80. The van der Waals surface area contributed by atoms with Crippen molar-refractivity contribution in [3.63, 3.8) is 0 Å². The summed E-state index contributed by atoms with van der Waals surface area (Å²) < 4.78 is 27.9. The molecule has 0 atom stereocenters. The number of amides is 1. The van der Waals surface area contributed by atoms with Crippen molar-refractivity contribution in [1.82, 2.24) is 29.2 Å². The molecular formula is C19H20F2N6O. The molecule has 4 rings (SSSR count). The predicted molar refractivity (Wildman–Crippen MR) is 96.9 cm³/mol. The summed E-state index contributed by atoms with van der Waals surface area (Å²) in [6, 6.07) is 5.27. The van der Waals surface area contributed by atoms with E-state index in [2.05, 4.69) is 19.6 Å². The first kappa shape index (κ1) is 18.3. The third-order valence-corrected chi connectivity index (χ3v) is 5.00. The number of halogens is 2. The van der Waals surface area contributed by atoms with E-state index in [4.69, 9.17) is 0 Å². The maximum absolute atomic E-state index is 12.7. The van der Waals surface area contributed by atoms with Gasteiger partial charge in [0, 0.05) is 50.0 Å². The van der Waals surface area contributed by atoms with Crippen molar-refractivity contribution in [3.8, 4) is 0 Å². The van der Waals surface area contributed by atoms with Crippen molar-refractivity contribution in [2.45, 2.75) is 31.9 Å². The number of hydrogen-bond donors (Lipinski definition) is 0. The van der Waals surface area contributed by atoms with Gasteiger partial charge in [-0.15, -0.1) is 0 Å². The van der Waals surface area contributed by atoms with E-state index in [-0.39, 0.29) is 17.5 Å². The first-order valence-corrected chi connectivity index (χ1v) is 9.14. The Kier molecular flexibility index (Phi) is 5.14. The molecule has 1 amide bonds. The number of hydrogen-bond acceptors (Lipinski definition) is 4. The summed E-state index contributed by atoms with van der Waals surface area (Å²) in [6.45, 7) is -0.950. The molecule has 0 aromatic carbocycles. The standard InChI is InChI=1S/C19H20F2N6O/c20-19(21)27-10-5-16(24-27)18(28)25-8-3-15(4-9-25)17-23-7-11-26(17)13-14-2-1-6-22-12-14/h1-2,5-7,10-12,15,19H,3-4,8-9,13H2. The summed E-state index contributed by atoms with van der Waals surface area (Å²) in [5, 5.41) is 3.67. The van der Waals surface area contributed by atoms with E-state index in [0.29, 0.717) is 24.3 Å². The summed E-state index contributed by atoms with van der Waals surface area (Å²) in [4.78, 5) is 22.9. The van der Waals surface area contributed by atoms with Crippen LogP contribution < -0.4 is 0 Å². The van der Waals surface area contributed by atoms with Gasteiger partial charge in [-0.25, -0.2) is 9.67 Å². The lowest BCUT2D eigenvalue weighted by molar-refractivity contribution is 0.0547. The van der Waals surface area contributed by atoms with Gasteiger partial charge in [-0.05, 0) is 30.5 Å². The molecule has 28 heavy (non-hydrogen) atoms. The van der Waals surface area contributed by atoms with Gasteiger partial charge in [0.25, 0.3) is 5.91 Å². The zero-order chi connectivity index (χ0) is 19.5. The number of rotatable bonds is 5. The van der Waals surface area contributed by atoms with Crippen LogP contribution in [-0.4, -0.2) is 48.2 Å². The molecule has 0 spiro atoms. The van der Waals surface area contributed by atoms with Gasteiger partial charge in [-0.2, -0.15) is 13.9 Å². The number of nitrogens with zero attached hydrogens (tertiary/aromatic N) is 6. The van der Waals surface area contributed by atoms with Gasteiger partial charge < -0.3 is 9.47 Å². The van der Waals surface area contributed by atoms with E-state index >= 15 is 0 Å². The predicted octanol–water partition coefficient (Wildman–Crippen LogP) is 2.94. The fraction of sp³-hybridized carbons (Fsp3) is 0.368. The van der Waals surface area contributed by atoms with Crippen LogP contribution in [0.15, 0.2) is 49.2 Å². The molecular weight excluding hydrogens is 366 g/mol. The third kappa shape index (κ3) is 3.78. The van der Waals surface area contributed by atoms with Crippen molar-refractivity contribution in [3.05, 3.63) is 66.3 Å². The van der Waals surface area contributed by atoms with Crippen LogP contribution in [-0.2, 0) is 6.54 Å². The maximum atomic E-state index is 12.7. The highest BCUT2D eigenvalue weighted by Gasteiger charge is 2.28. The van der Waals surface area contributed by atoms with Gasteiger partial charge in [0.15, 0.2) is 5.69 Å². The van der Waals surface area contributed by atoms with Gasteiger partial charge in [0.05, 0.1) is 6.54 Å². The SMILES string of the molecule is O=C(c1ccn(C(F)F)n1)N1CCC(c2nccn2Cc2cccnc2)CC1. The van der Waals surface area contributed by atoms with Crippen LogP contribution in [0.5, 0.6) is 0 Å². The molecule has 0 saturated carbocycles. The molecule has 0 bridgehead atoms. The van der Waals surface area contributed by atoms with E-state index < -0.39 is 6.55 Å². The van der Waals surface area contributed by atoms with Crippen LogP contribution in [0.4, 0.5) is 8.78 Å². The Hall–Kier alpha value is -3.10. The molecule has 0 N–H and O–H groups in total. The zero-order valence-corrected chi connectivity index (χ0v) is 15.2. The number of carbonyl (C=O) groups excluding carboxylic acids is 1. The largest absolute Gasteiger partial charge is 0.337 e. The molecule has 1 fully saturated rings. The lowest BCUT2D eigenvalue weighted by Crippen LogP contribution is -2.38. The van der Waals surface area contributed by atoms with Gasteiger partial charge in [-0.3, -0.25) is 9.78 Å². The maximum Gasteiger partial charge on any atom is 0.333 e. The molecule has 3 aromatic heterocycles. The van der Waals surface area contributed by atoms with Crippen molar-refractivity contribution in [1.29, 1.82) is 0 Å². The molecule has 4 heterocycles. The van der Waals surface area contributed by atoms with Gasteiger partial charge in [-0.1, -0.05) is 6.07 Å². The molecule has 146 valence electrons. The molecule has 7 nitrogen and oxygen atoms in total. The van der Waals surface area contributed by atoms with Crippen LogP contribution in [0.3, 0.4) is 0 Å². The molecule has 1 aliphatic heterocycles. The van der Waals surface area contributed by atoms with Gasteiger partial charge in [0.2, 0.25) is 0 Å². The molecule has 0 unspecified atom stereocenters. The van der Waals surface area contributed by atoms with Crippen molar-refractivity contribution >= 4 is 5.91 Å². The fourth-order valence-corrected chi connectivity index (χ4v) is 3.57. The summed E-state index contributed by atoms with van der Waals surface area (Å²) in [6.07, 6.45) is 9.99. The van der Waals surface area contributed by atoms with E-state index in [1.807, 2.05) is 24.5 Å². The highest BCUT2D eigenvalue weighted by molar-refractivity contribution is 5.92. The highest BCUT2D eigenvalue weighted by Crippen LogP contribution is 2.28. The molecule has 0 aliphatic carbocycles. The number of pyridine rings is 1. The van der Waals surface area contributed by atoms with Gasteiger partial charge in [0.1, 0.15) is 5.82 Å². The third-order valence-electron chi connectivity index (χ3n) is 5.00. The summed E-state index contributed by atoms with van der Waals surface area (Å²) in [5.74, 6) is 0.934. The Morgan fingerprint density at radius 3 is 2.68 bits per heavy atom. The van der Waals surface area contributed by atoms with Crippen molar-refractivity contribution in [2.24, 2.45) is 0 Å². The average molecular weight is 386 g/mol. The Bertz CT molecular complexity index is 931. The van der Waals surface area contributed by atoms with Crippen LogP contribution in [0, 0.1) is 0 Å². The number of carbonyl (C=O) groups is 1. The minimum Gasteiger partial charge on any atom is -0.337 e. The van der Waals surface area contributed by atoms with E-state index in [1.54, 1.807) is 17.3 Å². The van der Waals surface area contributed by atoms with Crippen LogP contribution in [0.1, 0.15) is 47.2 Å². The Morgan fingerprint density at radius 1 is 1.18 bits per heavy atom.